The van der Waals surface area contributed by atoms with Crippen molar-refractivity contribution in [2.24, 2.45) is 0 Å². The second kappa shape index (κ2) is 8.34. The van der Waals surface area contributed by atoms with Gasteiger partial charge in [-0.1, -0.05) is 12.1 Å². The van der Waals surface area contributed by atoms with E-state index in [0.717, 1.165) is 10.9 Å². The zero-order valence-electron chi connectivity index (χ0n) is 17.9. The van der Waals surface area contributed by atoms with Gasteiger partial charge in [0.05, 0.1) is 0 Å². The van der Waals surface area contributed by atoms with Crippen LogP contribution in [0.2, 0.25) is 0 Å². The third kappa shape index (κ3) is 4.72. The third-order valence-corrected chi connectivity index (χ3v) is 5.15. The number of fused-ring (bicyclic) bond motifs is 2. The summed E-state index contributed by atoms with van der Waals surface area (Å²) in [4.78, 5) is 35.1. The fourth-order valence-electron chi connectivity index (χ4n) is 3.57. The van der Waals surface area contributed by atoms with Crippen LogP contribution in [0, 0.1) is 0 Å². The van der Waals surface area contributed by atoms with Crippen molar-refractivity contribution in [2.75, 3.05) is 0 Å². The van der Waals surface area contributed by atoms with E-state index in [1.54, 1.807) is 42.5 Å². The summed E-state index contributed by atoms with van der Waals surface area (Å²) in [6.45, 7) is 5.00. The van der Waals surface area contributed by atoms with Crippen molar-refractivity contribution in [2.45, 2.75) is 38.9 Å². The van der Waals surface area contributed by atoms with Crippen molar-refractivity contribution in [1.29, 1.82) is 0 Å². The van der Waals surface area contributed by atoms with Crippen molar-refractivity contribution in [3.63, 3.8) is 0 Å². The van der Waals surface area contributed by atoms with Crippen molar-refractivity contribution in [3.8, 4) is 11.5 Å². The Bertz CT molecular complexity index is 1280. The monoisotopic (exact) mass is 434 g/mol. The molecule has 0 unspecified atom stereocenters. The van der Waals surface area contributed by atoms with Gasteiger partial charge in [-0.15, -0.1) is 0 Å². The normalized spacial score (nSPS) is 16.9. The molecule has 0 bridgehead atoms. The number of hydrogen-bond donors (Lipinski definition) is 0. The van der Waals surface area contributed by atoms with E-state index in [1.165, 1.54) is 19.1 Å². The Morgan fingerprint density at radius 1 is 1.12 bits per heavy atom. The lowest BCUT2D eigenvalue weighted by Gasteiger charge is -2.39. The summed E-state index contributed by atoms with van der Waals surface area (Å²) in [5.41, 5.74) is 0.791. The number of ether oxygens (including phenoxy) is 3. The van der Waals surface area contributed by atoms with Crippen LogP contribution in [0.3, 0.4) is 0 Å². The Morgan fingerprint density at radius 3 is 2.72 bits per heavy atom. The maximum absolute atomic E-state index is 12.5. The maximum Gasteiger partial charge on any atom is 0.336 e. The molecule has 1 atom stereocenters. The van der Waals surface area contributed by atoms with Crippen molar-refractivity contribution in [1.82, 2.24) is 0 Å². The molecule has 7 nitrogen and oxygen atoms in total. The molecule has 3 aromatic rings. The first kappa shape index (κ1) is 21.4. The molecule has 0 saturated carbocycles. The largest absolute Gasteiger partial charge is 0.484 e. The van der Waals surface area contributed by atoms with Gasteiger partial charge in [0.25, 0.3) is 0 Å². The molecule has 0 radical (unpaired) electrons. The van der Waals surface area contributed by atoms with Crippen LogP contribution in [0.4, 0.5) is 0 Å². The van der Waals surface area contributed by atoms with Crippen molar-refractivity contribution in [3.05, 3.63) is 76.2 Å². The SMILES string of the molecule is CC(=O)Oc1cccc(C=CC(=O)O[C@H]2Cc3cc4ccc(=O)oc4cc3OC2(C)C)c1. The van der Waals surface area contributed by atoms with E-state index in [0.29, 0.717) is 29.1 Å². The first-order valence-electron chi connectivity index (χ1n) is 10.1. The van der Waals surface area contributed by atoms with Gasteiger partial charge in [-0.2, -0.15) is 0 Å². The summed E-state index contributed by atoms with van der Waals surface area (Å²) in [5, 5.41) is 0.768. The Kier molecular flexibility index (Phi) is 5.57. The van der Waals surface area contributed by atoms with E-state index in [2.05, 4.69) is 0 Å². The third-order valence-electron chi connectivity index (χ3n) is 5.15. The number of carbonyl (C=O) groups excluding carboxylic acids is 2. The smallest absolute Gasteiger partial charge is 0.336 e. The molecule has 164 valence electrons. The highest BCUT2D eigenvalue weighted by Gasteiger charge is 2.39. The van der Waals surface area contributed by atoms with Crippen LogP contribution in [-0.2, 0) is 20.7 Å². The molecule has 0 amide bonds. The molecule has 2 aromatic carbocycles. The second-order valence-electron chi connectivity index (χ2n) is 8.09. The zero-order chi connectivity index (χ0) is 22.9. The number of carbonyl (C=O) groups is 2. The van der Waals surface area contributed by atoms with Crippen molar-refractivity contribution < 1.29 is 28.2 Å². The molecule has 4 rings (SSSR count). The van der Waals surface area contributed by atoms with E-state index in [4.69, 9.17) is 18.6 Å². The number of esters is 2. The minimum absolute atomic E-state index is 0.398. The highest BCUT2D eigenvalue weighted by molar-refractivity contribution is 5.87. The van der Waals surface area contributed by atoms with Crippen molar-refractivity contribution >= 4 is 29.0 Å². The zero-order valence-corrected chi connectivity index (χ0v) is 17.9. The average molecular weight is 434 g/mol. The number of rotatable bonds is 4. The summed E-state index contributed by atoms with van der Waals surface area (Å²) in [5.74, 6) is 0.0662. The molecule has 0 fully saturated rings. The Labute approximate surface area is 184 Å². The molecule has 1 aromatic heterocycles. The highest BCUT2D eigenvalue weighted by atomic mass is 16.6. The molecular weight excluding hydrogens is 412 g/mol. The van der Waals surface area contributed by atoms with Gasteiger partial charge in [-0.25, -0.2) is 9.59 Å². The van der Waals surface area contributed by atoms with Gasteiger partial charge in [0.1, 0.15) is 28.8 Å². The standard InChI is InChI=1S/C25H22O7/c1-15(26)29-19-6-4-5-16(11-19)7-9-24(28)31-22-13-18-12-17-8-10-23(27)30-20(17)14-21(18)32-25(22,2)3/h4-12,14,22H,13H2,1-3H3/t22-/m0/s1. The van der Waals surface area contributed by atoms with E-state index < -0.39 is 29.3 Å². The molecule has 7 heteroatoms. The minimum Gasteiger partial charge on any atom is -0.484 e. The van der Waals surface area contributed by atoms with E-state index in [1.807, 2.05) is 19.9 Å². The Hall–Kier alpha value is -3.87. The molecular formula is C25H22O7. The Balaban J connectivity index is 1.50. The maximum atomic E-state index is 12.5. The van der Waals surface area contributed by atoms with E-state index in [-0.39, 0.29) is 0 Å². The predicted octanol–water partition coefficient (Wildman–Crippen LogP) is 4.06. The van der Waals surface area contributed by atoms with Gasteiger partial charge in [0, 0.05) is 36.9 Å². The summed E-state index contributed by atoms with van der Waals surface area (Å²) in [6.07, 6.45) is 2.86. The molecule has 0 aliphatic carbocycles. The van der Waals surface area contributed by atoms with E-state index in [9.17, 15) is 14.4 Å². The second-order valence-corrected chi connectivity index (χ2v) is 8.09. The van der Waals surface area contributed by atoms with Crippen LogP contribution in [0.15, 0.2) is 63.8 Å². The van der Waals surface area contributed by atoms with Gasteiger partial charge >= 0.3 is 17.6 Å². The van der Waals surface area contributed by atoms with Crippen LogP contribution in [-0.4, -0.2) is 23.6 Å². The molecule has 1 aliphatic rings. The number of hydrogen-bond acceptors (Lipinski definition) is 7. The topological polar surface area (TPSA) is 92.0 Å². The number of benzene rings is 2. The van der Waals surface area contributed by atoms with Crippen LogP contribution >= 0.6 is 0 Å². The fraction of sp³-hybridized carbons (Fsp3) is 0.240. The minimum atomic E-state index is -0.783. The fourth-order valence-corrected chi connectivity index (χ4v) is 3.57. The van der Waals surface area contributed by atoms with Crippen LogP contribution in [0.25, 0.3) is 17.0 Å². The lowest BCUT2D eigenvalue weighted by Crippen LogP contribution is -2.48. The first-order chi connectivity index (χ1) is 15.2. The lowest BCUT2D eigenvalue weighted by atomic mass is 9.90. The summed E-state index contributed by atoms with van der Waals surface area (Å²) < 4.78 is 22.1. The van der Waals surface area contributed by atoms with Gasteiger partial charge in [-0.3, -0.25) is 4.79 Å². The molecule has 32 heavy (non-hydrogen) atoms. The van der Waals surface area contributed by atoms with Crippen LogP contribution in [0.5, 0.6) is 11.5 Å². The molecule has 0 spiro atoms. The van der Waals surface area contributed by atoms with Crippen LogP contribution < -0.4 is 15.1 Å². The summed E-state index contributed by atoms with van der Waals surface area (Å²) >= 11 is 0. The van der Waals surface area contributed by atoms with Gasteiger partial charge in [0.2, 0.25) is 0 Å². The van der Waals surface area contributed by atoms with Gasteiger partial charge in [0.15, 0.2) is 0 Å². The molecule has 1 aliphatic heterocycles. The molecule has 0 N–H and O–H groups in total. The highest BCUT2D eigenvalue weighted by Crippen LogP contribution is 2.37. The summed E-state index contributed by atoms with van der Waals surface area (Å²) in [7, 11) is 0. The first-order valence-corrected chi connectivity index (χ1v) is 10.1. The molecule has 2 heterocycles. The van der Waals surface area contributed by atoms with E-state index >= 15 is 0 Å². The quantitative estimate of drug-likeness (QED) is 0.265. The average Bonchev–Trinajstić information content (AvgIpc) is 2.71. The summed E-state index contributed by atoms with van der Waals surface area (Å²) in [6, 6.07) is 13.4. The Morgan fingerprint density at radius 2 is 1.94 bits per heavy atom. The van der Waals surface area contributed by atoms with Crippen LogP contribution in [0.1, 0.15) is 31.9 Å². The lowest BCUT2D eigenvalue weighted by molar-refractivity contribution is -0.155. The molecule has 0 saturated heterocycles. The predicted molar refractivity (Wildman–Crippen MR) is 118 cm³/mol. The van der Waals surface area contributed by atoms with Gasteiger partial charge < -0.3 is 18.6 Å². The van der Waals surface area contributed by atoms with Gasteiger partial charge in [-0.05, 0) is 55.3 Å².